The summed E-state index contributed by atoms with van der Waals surface area (Å²) >= 11 is 0. The first-order valence-corrected chi connectivity index (χ1v) is 18.5. The summed E-state index contributed by atoms with van der Waals surface area (Å²) in [4.78, 5) is 47.8. The number of imidazole rings is 1. The third-order valence-corrected chi connectivity index (χ3v) is 11.8. The predicted molar refractivity (Wildman–Crippen MR) is 188 cm³/mol. The maximum absolute atomic E-state index is 14.9. The molecule has 3 unspecified atom stereocenters. The van der Waals surface area contributed by atoms with Gasteiger partial charge in [-0.3, -0.25) is 38.3 Å². The number of carbonyl (C=O) groups excluding carboxylic acids is 2. The topological polar surface area (TPSA) is 261 Å². The van der Waals surface area contributed by atoms with E-state index in [0.717, 1.165) is 5.56 Å². The molecule has 0 aliphatic carbocycles. The van der Waals surface area contributed by atoms with Crippen LogP contribution in [0.4, 0.5) is 5.95 Å². The van der Waals surface area contributed by atoms with Crippen LogP contribution in [-0.2, 0) is 43.8 Å². The van der Waals surface area contributed by atoms with Crippen LogP contribution in [0.15, 0.2) is 41.0 Å². The van der Waals surface area contributed by atoms with Gasteiger partial charge in [0.1, 0.15) is 24.4 Å². The van der Waals surface area contributed by atoms with Crippen molar-refractivity contribution in [2.75, 3.05) is 53.9 Å². The highest BCUT2D eigenvalue weighted by Gasteiger charge is 2.50. The molecule has 3 aromatic rings. The molecule has 20 nitrogen and oxygen atoms in total. The quantitative estimate of drug-likeness (QED) is 0.101. The van der Waals surface area contributed by atoms with E-state index in [-0.39, 0.29) is 30.1 Å². The van der Waals surface area contributed by atoms with E-state index >= 15 is 0 Å². The minimum atomic E-state index is -4.33. The van der Waals surface area contributed by atoms with Crippen LogP contribution < -0.4 is 26.1 Å². The molecule has 2 aromatic heterocycles. The number of rotatable bonds is 15. The molecule has 2 saturated heterocycles. The number of H-pyrrole nitrogens is 1. The first kappa shape index (κ1) is 39.5. The number of fused-ring (bicyclic) bond motifs is 1. The lowest BCUT2D eigenvalue weighted by atomic mass is 9.93. The monoisotopic (exact) mass is 777 g/mol. The number of aromatic amines is 1. The number of nitrogens with two attached hydrogens (primary N) is 1. The standard InChI is InChI=1S/C33H44N7O13P/c1-16-10-18(30(44)37-29(16)43)20-12-22(23(13-41)51-20)53-54(46,39(2)9-8-17-6-7-19(47-3)21(11-17)48-4)50-14-24-26(42)27(49-5)32(52-24)40-15-35-25-28(40)36-33(34)38-31(25)45/h6-7,10-11,15,18,20,22-24,26-27,32,41-42H,8-9,12-14H2,1-5H3,(H,37,43,44)(H3,34,36,38,45)/t18?,20-,22-,23-,24-,26+,27?,32-,54?/m1/s1. The summed E-state index contributed by atoms with van der Waals surface area (Å²) < 4.78 is 58.5. The molecule has 2 amide bonds. The number of likely N-dealkylation sites (N-methyl/N-ethyl adjacent to an activating group) is 1. The summed E-state index contributed by atoms with van der Waals surface area (Å²) in [7, 11) is 1.61. The number of aliphatic hydroxyl groups excluding tert-OH is 2. The second-order valence-corrected chi connectivity index (χ2v) is 15.2. The van der Waals surface area contributed by atoms with E-state index in [9.17, 15) is 29.2 Å². The number of nitrogen functional groups attached to an aromatic ring is 1. The summed E-state index contributed by atoms with van der Waals surface area (Å²) in [6.07, 6.45) is -4.16. The van der Waals surface area contributed by atoms with Gasteiger partial charge in [0.2, 0.25) is 11.9 Å². The van der Waals surface area contributed by atoms with Crippen LogP contribution in [0.25, 0.3) is 11.2 Å². The fourth-order valence-corrected chi connectivity index (χ4v) is 8.37. The molecule has 6 rings (SSSR count). The van der Waals surface area contributed by atoms with Crippen molar-refractivity contribution in [1.82, 2.24) is 29.5 Å². The number of amides is 2. The molecule has 54 heavy (non-hydrogen) atoms. The van der Waals surface area contributed by atoms with Crippen LogP contribution in [0.2, 0.25) is 0 Å². The van der Waals surface area contributed by atoms with Gasteiger partial charge in [0.15, 0.2) is 28.9 Å². The molecule has 294 valence electrons. The molecular formula is C33H44N7O13P. The fraction of sp³-hybridized carbons (Fsp3) is 0.545. The maximum atomic E-state index is 14.9. The first-order chi connectivity index (χ1) is 25.8. The Balaban J connectivity index is 1.24. The normalized spacial score (nSPS) is 28.3. The van der Waals surface area contributed by atoms with Crippen molar-refractivity contribution >= 4 is 36.7 Å². The lowest BCUT2D eigenvalue weighted by Crippen LogP contribution is -2.44. The minimum Gasteiger partial charge on any atom is -0.493 e. The van der Waals surface area contributed by atoms with Gasteiger partial charge in [0, 0.05) is 25.6 Å². The maximum Gasteiger partial charge on any atom is 0.408 e. The Kier molecular flexibility index (Phi) is 11.9. The highest BCUT2D eigenvalue weighted by molar-refractivity contribution is 7.51. The molecule has 2 fully saturated rings. The Labute approximate surface area is 309 Å². The lowest BCUT2D eigenvalue weighted by Gasteiger charge is -2.31. The third kappa shape index (κ3) is 7.79. The molecule has 0 spiro atoms. The van der Waals surface area contributed by atoms with Gasteiger partial charge < -0.3 is 39.6 Å². The molecule has 21 heteroatoms. The van der Waals surface area contributed by atoms with Gasteiger partial charge in [-0.25, -0.2) is 14.2 Å². The average molecular weight is 778 g/mol. The second-order valence-electron chi connectivity index (χ2n) is 13.1. The van der Waals surface area contributed by atoms with Crippen molar-refractivity contribution in [1.29, 1.82) is 0 Å². The SMILES string of the molecule is COc1ccc(CCN(C)P(=O)(OC[C@H]2O[C@@H](n3cnc4c(=O)[nH]c(N)nc43)C(OC)[C@H]2O)O[C@@H]2C[C@H](C3C=C(C)C(=O)NC3=O)O[C@@H]2CO)cc1OC. The van der Waals surface area contributed by atoms with Gasteiger partial charge in [-0.15, -0.1) is 0 Å². The van der Waals surface area contributed by atoms with Gasteiger partial charge >= 0.3 is 7.75 Å². The van der Waals surface area contributed by atoms with E-state index in [0.29, 0.717) is 23.5 Å². The van der Waals surface area contributed by atoms with Crippen LogP contribution in [-0.4, -0.2) is 131 Å². The third-order valence-electron chi connectivity index (χ3n) is 9.71. The molecule has 0 bridgehead atoms. The number of methoxy groups -OCH3 is 3. The number of anilines is 1. The molecule has 3 aliphatic rings. The Morgan fingerprint density at radius 1 is 1.13 bits per heavy atom. The second kappa shape index (κ2) is 16.2. The van der Waals surface area contributed by atoms with Crippen LogP contribution >= 0.6 is 7.75 Å². The number of aromatic nitrogens is 4. The van der Waals surface area contributed by atoms with Crippen LogP contribution in [0.1, 0.15) is 25.1 Å². The van der Waals surface area contributed by atoms with Gasteiger partial charge in [0.05, 0.1) is 51.9 Å². The van der Waals surface area contributed by atoms with E-state index in [4.69, 9.17) is 38.5 Å². The Morgan fingerprint density at radius 3 is 2.59 bits per heavy atom. The molecule has 3 aliphatic heterocycles. The zero-order valence-electron chi connectivity index (χ0n) is 30.2. The van der Waals surface area contributed by atoms with Gasteiger partial charge in [-0.2, -0.15) is 4.98 Å². The van der Waals surface area contributed by atoms with Crippen molar-refractivity contribution < 1.29 is 57.1 Å². The molecule has 0 radical (unpaired) electrons. The van der Waals surface area contributed by atoms with Crippen molar-refractivity contribution in [2.24, 2.45) is 5.92 Å². The van der Waals surface area contributed by atoms with E-state index in [1.165, 1.54) is 50.0 Å². The summed E-state index contributed by atoms with van der Waals surface area (Å²) in [5.41, 5.74) is 6.44. The number of hydrogen-bond acceptors (Lipinski definition) is 16. The number of nitrogens with zero attached hydrogens (tertiary/aromatic N) is 4. The van der Waals surface area contributed by atoms with Crippen LogP contribution in [0.5, 0.6) is 11.5 Å². The van der Waals surface area contributed by atoms with Crippen LogP contribution in [0, 0.1) is 5.92 Å². The number of ether oxygens (including phenoxy) is 5. The largest absolute Gasteiger partial charge is 0.493 e. The van der Waals surface area contributed by atoms with Crippen molar-refractivity contribution in [3.05, 3.63) is 52.1 Å². The number of aliphatic hydroxyl groups is 2. The Hall–Kier alpha value is -4.24. The molecule has 6 N–H and O–H groups in total. The summed E-state index contributed by atoms with van der Waals surface area (Å²) in [6.45, 7) is 0.709. The number of carbonyl (C=O) groups is 2. The highest BCUT2D eigenvalue weighted by atomic mass is 31.2. The molecule has 5 heterocycles. The van der Waals surface area contributed by atoms with Crippen LogP contribution in [0.3, 0.4) is 0 Å². The Morgan fingerprint density at radius 2 is 1.89 bits per heavy atom. The number of hydrogen-bond donors (Lipinski definition) is 5. The van der Waals surface area contributed by atoms with Crippen molar-refractivity contribution in [3.63, 3.8) is 0 Å². The van der Waals surface area contributed by atoms with Gasteiger partial charge in [0.25, 0.3) is 11.5 Å². The minimum absolute atomic E-state index is 0.00988. The molecule has 0 saturated carbocycles. The van der Waals surface area contributed by atoms with Gasteiger partial charge in [-0.1, -0.05) is 12.1 Å². The number of imide groups is 1. The first-order valence-electron chi connectivity index (χ1n) is 17.0. The number of nitrogens with one attached hydrogen (secondary N) is 2. The van der Waals surface area contributed by atoms with E-state index in [2.05, 4.69) is 20.3 Å². The molecule has 1 aromatic carbocycles. The zero-order chi connectivity index (χ0) is 38.9. The van der Waals surface area contributed by atoms with Gasteiger partial charge in [-0.05, 0) is 38.1 Å². The van der Waals surface area contributed by atoms with Crippen molar-refractivity contribution in [2.45, 2.75) is 62.6 Å². The van der Waals surface area contributed by atoms with E-state index in [1.54, 1.807) is 19.1 Å². The number of benzene rings is 1. The summed E-state index contributed by atoms with van der Waals surface area (Å²) in [5, 5.41) is 23.9. The zero-order valence-corrected chi connectivity index (χ0v) is 31.1. The summed E-state index contributed by atoms with van der Waals surface area (Å²) in [6, 6.07) is 5.37. The van der Waals surface area contributed by atoms with Crippen molar-refractivity contribution in [3.8, 4) is 11.5 Å². The molecular weight excluding hydrogens is 733 g/mol. The highest BCUT2D eigenvalue weighted by Crippen LogP contribution is 2.55. The van der Waals surface area contributed by atoms with E-state index in [1.807, 2.05) is 6.07 Å². The predicted octanol–water partition coefficient (Wildman–Crippen LogP) is 0.0454. The molecule has 9 atom stereocenters. The lowest BCUT2D eigenvalue weighted by molar-refractivity contribution is -0.134. The average Bonchev–Trinajstić information content (AvgIpc) is 3.85. The summed E-state index contributed by atoms with van der Waals surface area (Å²) in [5.74, 6) is -1.05. The smallest absolute Gasteiger partial charge is 0.408 e. The van der Waals surface area contributed by atoms with E-state index < -0.39 is 87.1 Å². The fourth-order valence-electron chi connectivity index (χ4n) is 6.70. The Bertz CT molecular complexity index is 2010.